The van der Waals surface area contributed by atoms with Crippen molar-refractivity contribution in [3.8, 4) is 0 Å². The van der Waals surface area contributed by atoms with Gasteiger partial charge in [-0.15, -0.1) is 0 Å². The molecule has 122 valence electrons. The van der Waals surface area contributed by atoms with Crippen molar-refractivity contribution in [3.05, 3.63) is 35.9 Å². The molecule has 0 atom stereocenters. The molecule has 1 saturated heterocycles. The smallest absolute Gasteiger partial charge is 0.150 e. The van der Waals surface area contributed by atoms with Gasteiger partial charge in [0.2, 0.25) is 0 Å². The molecular formula is C17H25NO3S. The van der Waals surface area contributed by atoms with Crippen LogP contribution >= 0.6 is 0 Å². The van der Waals surface area contributed by atoms with Crippen molar-refractivity contribution in [1.29, 1.82) is 0 Å². The minimum Gasteiger partial charge on any atom is -0.388 e. The van der Waals surface area contributed by atoms with Gasteiger partial charge in [-0.2, -0.15) is 0 Å². The van der Waals surface area contributed by atoms with Crippen LogP contribution in [0.3, 0.4) is 0 Å². The summed E-state index contributed by atoms with van der Waals surface area (Å²) in [5.41, 5.74) is 0.562. The molecule has 0 aromatic heterocycles. The highest BCUT2D eigenvalue weighted by Crippen LogP contribution is 2.40. The molecule has 1 saturated carbocycles. The minimum atomic E-state index is -2.92. The Labute approximate surface area is 133 Å². The molecule has 4 nitrogen and oxygen atoms in total. The number of aliphatic hydroxyl groups is 1. The van der Waals surface area contributed by atoms with E-state index in [9.17, 15) is 13.5 Å². The van der Waals surface area contributed by atoms with Gasteiger partial charge in [0.25, 0.3) is 0 Å². The maximum absolute atomic E-state index is 11.5. The Bertz CT molecular complexity index is 594. The third kappa shape index (κ3) is 3.53. The van der Waals surface area contributed by atoms with Crippen molar-refractivity contribution in [2.75, 3.05) is 25.1 Å². The van der Waals surface area contributed by atoms with Gasteiger partial charge >= 0.3 is 0 Å². The van der Waals surface area contributed by atoms with Gasteiger partial charge in [0.05, 0.1) is 17.1 Å². The van der Waals surface area contributed by atoms with Crippen LogP contribution in [0.25, 0.3) is 0 Å². The van der Waals surface area contributed by atoms with E-state index in [1.807, 2.05) is 13.1 Å². The number of sulfone groups is 1. The minimum absolute atomic E-state index is 0.120. The second-order valence-corrected chi connectivity index (χ2v) is 9.33. The summed E-state index contributed by atoms with van der Waals surface area (Å²) < 4.78 is 23.0. The predicted octanol–water partition coefficient (Wildman–Crippen LogP) is 1.80. The zero-order valence-corrected chi connectivity index (χ0v) is 13.9. The van der Waals surface area contributed by atoms with Crippen LogP contribution in [0, 0.1) is 0 Å². The number of likely N-dealkylation sites (N-methyl/N-ethyl adjacent to an activating group) is 1. The van der Waals surface area contributed by atoms with Gasteiger partial charge in [0.15, 0.2) is 9.84 Å². The lowest BCUT2D eigenvalue weighted by Crippen LogP contribution is -2.52. The van der Waals surface area contributed by atoms with Crippen LogP contribution in [-0.4, -0.2) is 55.2 Å². The lowest BCUT2D eigenvalue weighted by atomic mass is 9.75. The molecule has 0 spiro atoms. The highest BCUT2D eigenvalue weighted by molar-refractivity contribution is 7.91. The maximum atomic E-state index is 11.5. The maximum Gasteiger partial charge on any atom is 0.150 e. The summed E-state index contributed by atoms with van der Waals surface area (Å²) >= 11 is 0. The van der Waals surface area contributed by atoms with Gasteiger partial charge in [0, 0.05) is 12.6 Å². The average Bonchev–Trinajstić information content (AvgIpc) is 2.42. The van der Waals surface area contributed by atoms with Crippen molar-refractivity contribution in [3.63, 3.8) is 0 Å². The Kier molecular flexibility index (Phi) is 4.32. The third-order valence-corrected chi connectivity index (χ3v) is 6.96. The molecule has 1 heterocycles. The summed E-state index contributed by atoms with van der Waals surface area (Å²) in [7, 11) is -0.876. The quantitative estimate of drug-likeness (QED) is 0.918. The molecule has 0 radical (unpaired) electrons. The monoisotopic (exact) mass is 323 g/mol. The summed E-state index contributed by atoms with van der Waals surface area (Å²) in [4.78, 5) is 2.22. The van der Waals surface area contributed by atoms with E-state index in [1.165, 1.54) is 5.56 Å². The van der Waals surface area contributed by atoms with Crippen LogP contribution in [-0.2, 0) is 9.84 Å². The van der Waals surface area contributed by atoms with Crippen LogP contribution in [0.5, 0.6) is 0 Å². The Morgan fingerprint density at radius 2 is 1.77 bits per heavy atom. The van der Waals surface area contributed by atoms with Gasteiger partial charge < -0.3 is 10.0 Å². The van der Waals surface area contributed by atoms with Crippen LogP contribution in [0.15, 0.2) is 30.3 Å². The number of benzene rings is 1. The SMILES string of the molecule is CN(CC1(O)CCS(=O)(=O)CC1)C1CC(c2ccccc2)C1. The second-order valence-electron chi connectivity index (χ2n) is 7.02. The molecule has 3 rings (SSSR count). The zero-order valence-electron chi connectivity index (χ0n) is 13.1. The Morgan fingerprint density at radius 3 is 2.36 bits per heavy atom. The molecule has 0 bridgehead atoms. The van der Waals surface area contributed by atoms with E-state index in [4.69, 9.17) is 0 Å². The fraction of sp³-hybridized carbons (Fsp3) is 0.647. The molecule has 1 aromatic carbocycles. The second kappa shape index (κ2) is 5.95. The lowest BCUT2D eigenvalue weighted by molar-refractivity contribution is -0.0206. The molecular weight excluding hydrogens is 298 g/mol. The first kappa shape index (κ1) is 16.0. The van der Waals surface area contributed by atoms with E-state index in [0.29, 0.717) is 31.3 Å². The van der Waals surface area contributed by atoms with E-state index < -0.39 is 15.4 Å². The first-order valence-electron chi connectivity index (χ1n) is 8.05. The summed E-state index contributed by atoms with van der Waals surface area (Å²) in [6.45, 7) is 0.578. The van der Waals surface area contributed by atoms with Crippen LogP contribution < -0.4 is 0 Å². The van der Waals surface area contributed by atoms with Crippen molar-refractivity contribution in [1.82, 2.24) is 4.90 Å². The molecule has 2 aliphatic rings. The largest absolute Gasteiger partial charge is 0.388 e. The Morgan fingerprint density at radius 1 is 1.18 bits per heavy atom. The average molecular weight is 323 g/mol. The highest BCUT2D eigenvalue weighted by Gasteiger charge is 2.40. The van der Waals surface area contributed by atoms with Crippen molar-refractivity contribution < 1.29 is 13.5 Å². The molecule has 1 N–H and O–H groups in total. The van der Waals surface area contributed by atoms with Crippen LogP contribution in [0.2, 0.25) is 0 Å². The van der Waals surface area contributed by atoms with E-state index in [0.717, 1.165) is 12.8 Å². The fourth-order valence-electron chi connectivity index (χ4n) is 3.61. The summed E-state index contributed by atoms with van der Waals surface area (Å²) in [6, 6.07) is 11.1. The number of hydrogen-bond acceptors (Lipinski definition) is 4. The third-order valence-electron chi connectivity index (χ3n) is 5.31. The van der Waals surface area contributed by atoms with Crippen molar-refractivity contribution >= 4 is 9.84 Å². The molecule has 22 heavy (non-hydrogen) atoms. The fourth-order valence-corrected chi connectivity index (χ4v) is 5.20. The van der Waals surface area contributed by atoms with Gasteiger partial charge in [-0.25, -0.2) is 8.42 Å². The number of nitrogens with zero attached hydrogens (tertiary/aromatic N) is 1. The molecule has 5 heteroatoms. The van der Waals surface area contributed by atoms with Crippen LogP contribution in [0.4, 0.5) is 0 Å². The standard InChI is InChI=1S/C17H25NO3S/c1-18(13-17(19)7-9-22(20,21)10-8-17)16-11-15(12-16)14-5-3-2-4-6-14/h2-6,15-16,19H,7-13H2,1H3. The number of rotatable bonds is 4. The molecule has 1 aliphatic heterocycles. The molecule has 0 amide bonds. The van der Waals surface area contributed by atoms with Gasteiger partial charge in [0.1, 0.15) is 0 Å². The highest BCUT2D eigenvalue weighted by atomic mass is 32.2. The zero-order chi connectivity index (χ0) is 15.8. The van der Waals surface area contributed by atoms with E-state index in [1.54, 1.807) is 0 Å². The molecule has 2 fully saturated rings. The van der Waals surface area contributed by atoms with Gasteiger partial charge in [-0.3, -0.25) is 0 Å². The number of hydrogen-bond donors (Lipinski definition) is 1. The topological polar surface area (TPSA) is 57.6 Å². The van der Waals surface area contributed by atoms with Gasteiger partial charge in [-0.05, 0) is 44.2 Å². The Balaban J connectivity index is 1.51. The summed E-state index contributed by atoms with van der Waals surface area (Å²) in [5.74, 6) is 0.860. The summed E-state index contributed by atoms with van der Waals surface area (Å²) in [5, 5.41) is 10.6. The predicted molar refractivity (Wildman–Crippen MR) is 87.7 cm³/mol. The molecule has 1 aromatic rings. The molecule has 1 aliphatic carbocycles. The Hall–Kier alpha value is -0.910. The normalized spacial score (nSPS) is 30.0. The molecule has 0 unspecified atom stereocenters. The van der Waals surface area contributed by atoms with Gasteiger partial charge in [-0.1, -0.05) is 30.3 Å². The van der Waals surface area contributed by atoms with E-state index in [2.05, 4.69) is 29.2 Å². The van der Waals surface area contributed by atoms with Crippen LogP contribution in [0.1, 0.15) is 37.2 Å². The van der Waals surface area contributed by atoms with Crippen molar-refractivity contribution in [2.45, 2.75) is 43.2 Å². The first-order valence-corrected chi connectivity index (χ1v) is 9.87. The summed E-state index contributed by atoms with van der Waals surface area (Å²) in [6.07, 6.45) is 2.98. The van der Waals surface area contributed by atoms with Crippen molar-refractivity contribution in [2.24, 2.45) is 0 Å². The lowest BCUT2D eigenvalue weighted by Gasteiger charge is -2.45. The van der Waals surface area contributed by atoms with E-state index >= 15 is 0 Å². The van der Waals surface area contributed by atoms with E-state index in [-0.39, 0.29) is 11.5 Å². The first-order chi connectivity index (χ1) is 10.4.